The number of nitriles is 1. The Bertz CT molecular complexity index is 933. The Morgan fingerprint density at radius 3 is 2.60 bits per heavy atom. The zero-order valence-corrected chi connectivity index (χ0v) is 17.5. The lowest BCUT2D eigenvalue weighted by molar-refractivity contribution is -0.112. The van der Waals surface area contributed by atoms with E-state index in [1.54, 1.807) is 24.3 Å². The van der Waals surface area contributed by atoms with Crippen molar-refractivity contribution >= 4 is 29.2 Å². The van der Waals surface area contributed by atoms with Gasteiger partial charge in [-0.1, -0.05) is 49.2 Å². The lowest BCUT2D eigenvalue weighted by atomic mass is 10.1. The van der Waals surface area contributed by atoms with E-state index in [1.807, 2.05) is 37.3 Å². The number of halogens is 1. The molecule has 0 aliphatic heterocycles. The standard InChI is InChI=1S/C23H24ClN3O3/c1-2-3-14-30-23(29)20-6-4-5-7-21(20)27-22(28)18(15-25)16-26-13-12-17-8-10-19(24)11-9-17/h4-11,16,26H,2-3,12-14H2,1H3,(H,27,28)/b18-16-. The molecule has 2 N–H and O–H groups in total. The SMILES string of the molecule is CCCCOC(=O)c1ccccc1NC(=O)/C(C#N)=C\NCCc1ccc(Cl)cc1. The molecule has 0 heterocycles. The van der Waals surface area contributed by atoms with Crippen molar-refractivity contribution in [3.05, 3.63) is 76.5 Å². The number of esters is 1. The number of hydrogen-bond acceptors (Lipinski definition) is 5. The van der Waals surface area contributed by atoms with Crippen LogP contribution < -0.4 is 10.6 Å². The predicted octanol–water partition coefficient (Wildman–Crippen LogP) is 4.48. The van der Waals surface area contributed by atoms with Gasteiger partial charge in [0.2, 0.25) is 0 Å². The first-order valence-electron chi connectivity index (χ1n) is 9.70. The molecule has 0 saturated heterocycles. The van der Waals surface area contributed by atoms with Crippen molar-refractivity contribution in [2.45, 2.75) is 26.2 Å². The third-order valence-electron chi connectivity index (χ3n) is 4.21. The summed E-state index contributed by atoms with van der Waals surface area (Å²) in [6.07, 6.45) is 3.75. The number of ether oxygens (including phenoxy) is 1. The summed E-state index contributed by atoms with van der Waals surface area (Å²) < 4.78 is 5.22. The number of rotatable bonds is 10. The van der Waals surface area contributed by atoms with E-state index in [0.717, 1.165) is 18.4 Å². The van der Waals surface area contributed by atoms with Gasteiger partial charge in [0, 0.05) is 17.8 Å². The van der Waals surface area contributed by atoms with Crippen molar-refractivity contribution in [3.63, 3.8) is 0 Å². The first-order valence-corrected chi connectivity index (χ1v) is 10.1. The van der Waals surface area contributed by atoms with Crippen LogP contribution in [0.4, 0.5) is 5.69 Å². The summed E-state index contributed by atoms with van der Waals surface area (Å²) in [7, 11) is 0. The third-order valence-corrected chi connectivity index (χ3v) is 4.46. The molecule has 0 unspecified atom stereocenters. The summed E-state index contributed by atoms with van der Waals surface area (Å²) in [6, 6.07) is 15.9. The third kappa shape index (κ3) is 7.26. The number of carbonyl (C=O) groups is 2. The summed E-state index contributed by atoms with van der Waals surface area (Å²) in [5, 5.41) is 15.6. The highest BCUT2D eigenvalue weighted by atomic mass is 35.5. The lowest BCUT2D eigenvalue weighted by Gasteiger charge is -2.10. The highest BCUT2D eigenvalue weighted by Crippen LogP contribution is 2.17. The summed E-state index contributed by atoms with van der Waals surface area (Å²) in [4.78, 5) is 24.7. The van der Waals surface area contributed by atoms with Crippen LogP contribution in [0.5, 0.6) is 0 Å². The van der Waals surface area contributed by atoms with Gasteiger partial charge in [0.15, 0.2) is 0 Å². The topological polar surface area (TPSA) is 91.2 Å². The smallest absolute Gasteiger partial charge is 0.340 e. The van der Waals surface area contributed by atoms with Crippen LogP contribution in [0.2, 0.25) is 5.02 Å². The van der Waals surface area contributed by atoms with Crippen molar-refractivity contribution in [1.82, 2.24) is 5.32 Å². The zero-order chi connectivity index (χ0) is 21.8. The number of unbranched alkanes of at least 4 members (excludes halogenated alkanes) is 1. The van der Waals surface area contributed by atoms with Gasteiger partial charge >= 0.3 is 5.97 Å². The second-order valence-electron chi connectivity index (χ2n) is 6.49. The van der Waals surface area contributed by atoms with E-state index < -0.39 is 11.9 Å². The Morgan fingerprint density at radius 1 is 1.17 bits per heavy atom. The number of amides is 1. The molecule has 0 aliphatic carbocycles. The zero-order valence-electron chi connectivity index (χ0n) is 16.8. The Labute approximate surface area is 181 Å². The Kier molecular flexibility index (Phi) is 9.43. The van der Waals surface area contributed by atoms with E-state index >= 15 is 0 Å². The number of para-hydroxylation sites is 1. The number of benzene rings is 2. The van der Waals surface area contributed by atoms with Crippen LogP contribution in [0.15, 0.2) is 60.3 Å². The molecule has 2 aromatic rings. The molecule has 7 heteroatoms. The van der Waals surface area contributed by atoms with Crippen LogP contribution in [0.25, 0.3) is 0 Å². The first-order chi connectivity index (χ1) is 14.5. The van der Waals surface area contributed by atoms with Gasteiger partial charge in [-0.05, 0) is 42.7 Å². The Morgan fingerprint density at radius 2 is 1.90 bits per heavy atom. The Balaban J connectivity index is 1.96. The molecule has 156 valence electrons. The molecule has 6 nitrogen and oxygen atoms in total. The van der Waals surface area contributed by atoms with Gasteiger partial charge in [-0.2, -0.15) is 5.26 Å². The van der Waals surface area contributed by atoms with Gasteiger partial charge in [-0.25, -0.2) is 4.79 Å². The molecule has 0 aliphatic rings. The maximum Gasteiger partial charge on any atom is 0.340 e. The van der Waals surface area contributed by atoms with Gasteiger partial charge in [0.1, 0.15) is 11.6 Å². The van der Waals surface area contributed by atoms with E-state index in [0.29, 0.717) is 30.3 Å². The highest BCUT2D eigenvalue weighted by Gasteiger charge is 2.16. The van der Waals surface area contributed by atoms with E-state index in [1.165, 1.54) is 6.20 Å². The fourth-order valence-electron chi connectivity index (χ4n) is 2.54. The maximum absolute atomic E-state index is 12.5. The number of anilines is 1. The van der Waals surface area contributed by atoms with Crippen LogP contribution in [-0.4, -0.2) is 25.0 Å². The molecule has 0 atom stereocenters. The van der Waals surface area contributed by atoms with Crippen LogP contribution in [-0.2, 0) is 16.0 Å². The molecule has 2 rings (SSSR count). The number of nitrogens with one attached hydrogen (secondary N) is 2. The van der Waals surface area contributed by atoms with Gasteiger partial charge < -0.3 is 15.4 Å². The largest absolute Gasteiger partial charge is 0.462 e. The van der Waals surface area contributed by atoms with Crippen LogP contribution in [0.1, 0.15) is 35.7 Å². The van der Waals surface area contributed by atoms with E-state index in [9.17, 15) is 14.9 Å². The van der Waals surface area contributed by atoms with E-state index in [2.05, 4.69) is 10.6 Å². The van der Waals surface area contributed by atoms with Crippen molar-refractivity contribution in [2.75, 3.05) is 18.5 Å². The minimum Gasteiger partial charge on any atom is -0.462 e. The molecule has 0 spiro atoms. The van der Waals surface area contributed by atoms with E-state index in [4.69, 9.17) is 16.3 Å². The van der Waals surface area contributed by atoms with Crippen LogP contribution in [0, 0.1) is 11.3 Å². The molecular formula is C23H24ClN3O3. The second-order valence-corrected chi connectivity index (χ2v) is 6.93. The predicted molar refractivity (Wildman–Crippen MR) is 117 cm³/mol. The molecule has 0 aromatic heterocycles. The molecule has 0 saturated carbocycles. The summed E-state index contributed by atoms with van der Waals surface area (Å²) >= 11 is 5.86. The minimum absolute atomic E-state index is 0.0970. The Hall–Kier alpha value is -3.30. The normalized spacial score (nSPS) is 10.8. The second kappa shape index (κ2) is 12.3. The average molecular weight is 426 g/mol. The highest BCUT2D eigenvalue weighted by molar-refractivity contribution is 6.30. The van der Waals surface area contributed by atoms with Crippen molar-refractivity contribution in [3.8, 4) is 6.07 Å². The van der Waals surface area contributed by atoms with Crippen LogP contribution in [0.3, 0.4) is 0 Å². The van der Waals surface area contributed by atoms with Gasteiger partial charge in [-0.3, -0.25) is 4.79 Å². The van der Waals surface area contributed by atoms with Gasteiger partial charge in [-0.15, -0.1) is 0 Å². The summed E-state index contributed by atoms with van der Waals surface area (Å²) in [6.45, 7) is 2.86. The molecule has 0 fully saturated rings. The monoisotopic (exact) mass is 425 g/mol. The summed E-state index contributed by atoms with van der Waals surface area (Å²) in [5.74, 6) is -1.12. The summed E-state index contributed by atoms with van der Waals surface area (Å²) in [5.41, 5.74) is 1.53. The van der Waals surface area contributed by atoms with Crippen LogP contribution >= 0.6 is 11.6 Å². The fourth-order valence-corrected chi connectivity index (χ4v) is 2.66. The first kappa shape index (κ1) is 23.0. The molecule has 0 radical (unpaired) electrons. The van der Waals surface area contributed by atoms with Crippen molar-refractivity contribution in [1.29, 1.82) is 5.26 Å². The quantitative estimate of drug-likeness (QED) is 0.253. The lowest BCUT2D eigenvalue weighted by Crippen LogP contribution is -2.19. The molecular weight excluding hydrogens is 402 g/mol. The van der Waals surface area contributed by atoms with Crippen molar-refractivity contribution in [2.24, 2.45) is 0 Å². The average Bonchev–Trinajstić information content (AvgIpc) is 2.75. The fraction of sp³-hybridized carbons (Fsp3) is 0.261. The number of nitrogens with zero attached hydrogens (tertiary/aromatic N) is 1. The number of hydrogen-bond donors (Lipinski definition) is 2. The maximum atomic E-state index is 12.5. The van der Waals surface area contributed by atoms with Gasteiger partial charge in [0.25, 0.3) is 5.91 Å². The van der Waals surface area contributed by atoms with Crippen molar-refractivity contribution < 1.29 is 14.3 Å². The molecule has 2 aromatic carbocycles. The molecule has 0 bridgehead atoms. The number of carbonyl (C=O) groups excluding carboxylic acids is 2. The minimum atomic E-state index is -0.606. The van der Waals surface area contributed by atoms with Gasteiger partial charge in [0.05, 0.1) is 17.9 Å². The van der Waals surface area contributed by atoms with E-state index in [-0.39, 0.29) is 11.1 Å². The molecule has 30 heavy (non-hydrogen) atoms. The molecule has 1 amide bonds.